The number of carbonyl (C=O) groups excluding carboxylic acids is 1. The number of hydrogen-bond donors (Lipinski definition) is 2. The van der Waals surface area contributed by atoms with Gasteiger partial charge in [0.2, 0.25) is 0 Å². The molecule has 3 aromatic carbocycles. The largest absolute Gasteiger partial charge is 0.345 e. The lowest BCUT2D eigenvalue weighted by molar-refractivity contribution is 0.0939. The van der Waals surface area contributed by atoms with E-state index in [4.69, 9.17) is 0 Å². The molecule has 0 bridgehead atoms. The molecule has 2 N–H and O–H groups in total. The highest BCUT2D eigenvalue weighted by Gasteiger charge is 2.20. The van der Waals surface area contributed by atoms with Gasteiger partial charge in [-0.3, -0.25) is 9.52 Å². The fourth-order valence-electron chi connectivity index (χ4n) is 3.33. The molecular formula is C24H26N2O3S. The number of rotatable bonds is 6. The third kappa shape index (κ3) is 4.71. The molecule has 0 saturated carbocycles. The summed E-state index contributed by atoms with van der Waals surface area (Å²) in [6.07, 6.45) is 0. The number of benzene rings is 3. The van der Waals surface area contributed by atoms with Gasteiger partial charge >= 0.3 is 0 Å². The van der Waals surface area contributed by atoms with Crippen LogP contribution in [0, 0.1) is 20.8 Å². The van der Waals surface area contributed by atoms with Crippen molar-refractivity contribution in [3.05, 3.63) is 94.5 Å². The van der Waals surface area contributed by atoms with Gasteiger partial charge in [-0.15, -0.1) is 0 Å². The molecule has 1 atom stereocenters. The van der Waals surface area contributed by atoms with E-state index in [0.29, 0.717) is 16.8 Å². The number of nitrogens with one attached hydrogen (secondary N) is 2. The second-order valence-electron chi connectivity index (χ2n) is 7.45. The van der Waals surface area contributed by atoms with E-state index < -0.39 is 10.0 Å². The van der Waals surface area contributed by atoms with Crippen molar-refractivity contribution in [1.29, 1.82) is 0 Å². The Kier molecular flexibility index (Phi) is 6.27. The third-order valence-electron chi connectivity index (χ3n) is 5.16. The molecule has 0 aromatic heterocycles. The summed E-state index contributed by atoms with van der Waals surface area (Å²) in [4.78, 5) is 13.0. The molecule has 5 nitrogen and oxygen atoms in total. The quantitative estimate of drug-likeness (QED) is 0.593. The Bertz CT molecular complexity index is 1190. The zero-order valence-electron chi connectivity index (χ0n) is 17.6. The number of amides is 1. The van der Waals surface area contributed by atoms with Crippen molar-refractivity contribution < 1.29 is 13.2 Å². The van der Waals surface area contributed by atoms with Crippen molar-refractivity contribution in [3.63, 3.8) is 0 Å². The summed E-state index contributed by atoms with van der Waals surface area (Å²) in [5, 5.41) is 2.98. The van der Waals surface area contributed by atoms with Crippen molar-refractivity contribution >= 4 is 21.6 Å². The topological polar surface area (TPSA) is 75.3 Å². The molecule has 3 aromatic rings. The zero-order chi connectivity index (χ0) is 21.9. The van der Waals surface area contributed by atoms with Crippen molar-refractivity contribution in [2.24, 2.45) is 0 Å². The molecule has 1 unspecified atom stereocenters. The Balaban J connectivity index is 1.86. The molecular weight excluding hydrogens is 396 g/mol. The first-order valence-corrected chi connectivity index (χ1v) is 11.2. The first kappa shape index (κ1) is 21.6. The molecule has 0 aliphatic carbocycles. The zero-order valence-corrected chi connectivity index (χ0v) is 18.4. The molecule has 0 fully saturated rings. The number of anilines is 1. The predicted molar refractivity (Wildman–Crippen MR) is 120 cm³/mol. The van der Waals surface area contributed by atoms with Gasteiger partial charge in [0.15, 0.2) is 0 Å². The van der Waals surface area contributed by atoms with Crippen LogP contribution in [0.5, 0.6) is 0 Å². The normalized spacial score (nSPS) is 12.3. The lowest BCUT2D eigenvalue weighted by Crippen LogP contribution is -2.28. The minimum Gasteiger partial charge on any atom is -0.345 e. The Morgan fingerprint density at radius 3 is 2.13 bits per heavy atom. The van der Waals surface area contributed by atoms with Crippen LogP contribution >= 0.6 is 0 Å². The number of hydrogen-bond acceptors (Lipinski definition) is 3. The van der Waals surface area contributed by atoms with E-state index in [-0.39, 0.29) is 16.8 Å². The summed E-state index contributed by atoms with van der Waals surface area (Å²) in [6.45, 7) is 7.53. The highest BCUT2D eigenvalue weighted by Crippen LogP contribution is 2.23. The first-order chi connectivity index (χ1) is 14.2. The van der Waals surface area contributed by atoms with Gasteiger partial charge in [0.1, 0.15) is 0 Å². The maximum absolute atomic E-state index is 12.9. The van der Waals surface area contributed by atoms with E-state index in [1.165, 1.54) is 12.1 Å². The highest BCUT2D eigenvalue weighted by atomic mass is 32.2. The standard InChI is InChI=1S/C24H26N2O3S/c1-16-9-5-7-11-21(16)19(4)25-24(27)22-15-20(14-13-17(22)2)30(28,29)26-23-12-8-6-10-18(23)3/h5-15,19,26H,1-4H3,(H,25,27). The second-order valence-corrected chi connectivity index (χ2v) is 9.13. The van der Waals surface area contributed by atoms with Gasteiger partial charge in [-0.25, -0.2) is 8.42 Å². The van der Waals surface area contributed by atoms with Crippen LogP contribution in [0.3, 0.4) is 0 Å². The van der Waals surface area contributed by atoms with Gasteiger partial charge < -0.3 is 5.32 Å². The molecule has 30 heavy (non-hydrogen) atoms. The molecule has 3 rings (SSSR count). The van der Waals surface area contributed by atoms with Gasteiger partial charge in [0.05, 0.1) is 16.6 Å². The van der Waals surface area contributed by atoms with Gasteiger partial charge in [-0.2, -0.15) is 0 Å². The van der Waals surface area contributed by atoms with Gasteiger partial charge in [0, 0.05) is 5.56 Å². The highest BCUT2D eigenvalue weighted by molar-refractivity contribution is 7.92. The van der Waals surface area contributed by atoms with Crippen molar-refractivity contribution in [1.82, 2.24) is 5.32 Å². The van der Waals surface area contributed by atoms with Crippen LogP contribution in [-0.2, 0) is 10.0 Å². The van der Waals surface area contributed by atoms with Gasteiger partial charge in [-0.1, -0.05) is 48.5 Å². The summed E-state index contributed by atoms with van der Waals surface area (Å²) in [6, 6.07) is 19.4. The Morgan fingerprint density at radius 2 is 1.47 bits per heavy atom. The van der Waals surface area contributed by atoms with E-state index in [0.717, 1.165) is 16.7 Å². The summed E-state index contributed by atoms with van der Waals surface area (Å²) in [7, 11) is -3.83. The van der Waals surface area contributed by atoms with Crippen LogP contribution < -0.4 is 10.0 Å². The van der Waals surface area contributed by atoms with Crippen molar-refractivity contribution in [2.45, 2.75) is 38.6 Å². The molecule has 0 heterocycles. The lowest BCUT2D eigenvalue weighted by atomic mass is 10.0. The number of aryl methyl sites for hydroxylation is 3. The Morgan fingerprint density at radius 1 is 0.833 bits per heavy atom. The van der Waals surface area contributed by atoms with Crippen molar-refractivity contribution in [3.8, 4) is 0 Å². The van der Waals surface area contributed by atoms with Crippen LogP contribution in [0.25, 0.3) is 0 Å². The fourth-order valence-corrected chi connectivity index (χ4v) is 4.49. The Hall–Kier alpha value is -3.12. The van der Waals surface area contributed by atoms with E-state index in [1.54, 1.807) is 25.1 Å². The molecule has 6 heteroatoms. The lowest BCUT2D eigenvalue weighted by Gasteiger charge is -2.18. The second kappa shape index (κ2) is 8.71. The predicted octanol–water partition coefficient (Wildman–Crippen LogP) is 4.90. The summed E-state index contributed by atoms with van der Waals surface area (Å²) >= 11 is 0. The molecule has 1 amide bonds. The van der Waals surface area contributed by atoms with E-state index in [2.05, 4.69) is 10.0 Å². The molecule has 0 spiro atoms. The maximum atomic E-state index is 12.9. The molecule has 156 valence electrons. The van der Waals surface area contributed by atoms with Gasteiger partial charge in [0.25, 0.3) is 15.9 Å². The van der Waals surface area contributed by atoms with Crippen LogP contribution in [0.4, 0.5) is 5.69 Å². The van der Waals surface area contributed by atoms with E-state index in [9.17, 15) is 13.2 Å². The molecule has 0 saturated heterocycles. The van der Waals surface area contributed by atoms with E-state index >= 15 is 0 Å². The summed E-state index contributed by atoms with van der Waals surface area (Å²) in [5.74, 6) is -0.309. The van der Waals surface area contributed by atoms with Crippen molar-refractivity contribution in [2.75, 3.05) is 4.72 Å². The fraction of sp³-hybridized carbons (Fsp3) is 0.208. The summed E-state index contributed by atoms with van der Waals surface area (Å²) in [5.41, 5.74) is 4.48. The van der Waals surface area contributed by atoms with Crippen LogP contribution in [0.2, 0.25) is 0 Å². The van der Waals surface area contributed by atoms with Crippen LogP contribution in [0.15, 0.2) is 71.6 Å². The average molecular weight is 423 g/mol. The monoisotopic (exact) mass is 422 g/mol. The number of sulfonamides is 1. The first-order valence-electron chi connectivity index (χ1n) is 9.74. The number of carbonyl (C=O) groups is 1. The minimum absolute atomic E-state index is 0.0463. The third-order valence-corrected chi connectivity index (χ3v) is 6.52. The molecule has 0 aliphatic heterocycles. The van der Waals surface area contributed by atoms with E-state index in [1.807, 2.05) is 57.2 Å². The average Bonchev–Trinajstić information content (AvgIpc) is 2.70. The van der Waals surface area contributed by atoms with Gasteiger partial charge in [-0.05, 0) is 68.1 Å². The number of para-hydroxylation sites is 1. The Labute approximate surface area is 178 Å². The summed E-state index contributed by atoms with van der Waals surface area (Å²) < 4.78 is 28.4. The molecule has 0 radical (unpaired) electrons. The maximum Gasteiger partial charge on any atom is 0.261 e. The minimum atomic E-state index is -3.83. The SMILES string of the molecule is Cc1ccccc1NS(=O)(=O)c1ccc(C)c(C(=O)NC(C)c2ccccc2C)c1. The van der Waals surface area contributed by atoms with Crippen LogP contribution in [0.1, 0.15) is 45.6 Å². The smallest absolute Gasteiger partial charge is 0.261 e. The molecule has 0 aliphatic rings. The van der Waals surface area contributed by atoms with Crippen LogP contribution in [-0.4, -0.2) is 14.3 Å².